The molecule has 0 N–H and O–H groups in total. The fraction of sp³-hybridized carbons (Fsp3) is 0. The van der Waals surface area contributed by atoms with Gasteiger partial charge in [-0.25, -0.2) is 0 Å². The summed E-state index contributed by atoms with van der Waals surface area (Å²) in [5.74, 6) is 0. The second-order valence-corrected chi connectivity index (χ2v) is 2.30. The summed E-state index contributed by atoms with van der Waals surface area (Å²) >= 11 is 2.90. The number of hydrogen-bond acceptors (Lipinski definition) is 0. The van der Waals surface area contributed by atoms with Crippen molar-refractivity contribution in [2.45, 2.75) is 0 Å². The van der Waals surface area contributed by atoms with Gasteiger partial charge >= 0.3 is 68.2 Å². The van der Waals surface area contributed by atoms with Crippen molar-refractivity contribution < 1.29 is 0 Å². The normalized spacial score (nSPS) is 6.00. The Balaban J connectivity index is -0.000000163. The van der Waals surface area contributed by atoms with Crippen LogP contribution in [-0.2, 0) is 0 Å². The SMILES string of the molecule is [Al+3].[CH3-].[CH3-].[Se-]c1ccccc1. The third-order valence-electron chi connectivity index (χ3n) is 0.743. The molecule has 0 aromatic heterocycles. The van der Waals surface area contributed by atoms with Crippen molar-refractivity contribution in [1.29, 1.82) is 0 Å². The monoisotopic (exact) mass is 214 g/mol. The molecule has 0 heterocycles. The Morgan fingerprint density at radius 2 is 1.30 bits per heavy atom. The van der Waals surface area contributed by atoms with Crippen molar-refractivity contribution in [2.24, 2.45) is 0 Å². The molecule has 0 radical (unpaired) electrons. The summed E-state index contributed by atoms with van der Waals surface area (Å²) in [7, 11) is 0. The molecule has 1 rings (SSSR count). The van der Waals surface area contributed by atoms with E-state index >= 15 is 0 Å². The van der Waals surface area contributed by atoms with Crippen molar-refractivity contribution >= 4 is 37.8 Å². The first kappa shape index (κ1) is 16.7. The summed E-state index contributed by atoms with van der Waals surface area (Å²) in [4.78, 5) is 0. The van der Waals surface area contributed by atoms with Crippen LogP contribution < -0.4 is 4.46 Å². The van der Waals surface area contributed by atoms with Crippen LogP contribution in [0.4, 0.5) is 0 Å². The molecule has 52 valence electrons. The quantitative estimate of drug-likeness (QED) is 0.445. The summed E-state index contributed by atoms with van der Waals surface area (Å²) in [6.07, 6.45) is 0. The molecular formula is C8H11AlSe. The van der Waals surface area contributed by atoms with E-state index in [1.165, 1.54) is 4.46 Å². The Bertz CT molecular complexity index is 139. The van der Waals surface area contributed by atoms with Crippen LogP contribution >= 0.6 is 0 Å². The van der Waals surface area contributed by atoms with Crippen LogP contribution in [0.1, 0.15) is 0 Å². The van der Waals surface area contributed by atoms with Gasteiger partial charge in [-0.2, -0.15) is 0 Å². The van der Waals surface area contributed by atoms with Crippen LogP contribution in [0, 0.1) is 14.9 Å². The number of rotatable bonds is 0. The summed E-state index contributed by atoms with van der Waals surface area (Å²) < 4.78 is 1.20. The van der Waals surface area contributed by atoms with E-state index in [0.29, 0.717) is 0 Å². The molecule has 0 saturated carbocycles. The molecular weight excluding hydrogens is 202 g/mol. The summed E-state index contributed by atoms with van der Waals surface area (Å²) in [6.45, 7) is 0. The van der Waals surface area contributed by atoms with Gasteiger partial charge in [-0.05, 0) is 0 Å². The van der Waals surface area contributed by atoms with Crippen molar-refractivity contribution in [3.05, 3.63) is 45.2 Å². The standard InChI is InChI=1S/C6H6Se.2CH3.Al/c7-6-4-2-1-3-5-6;;;/h1-5,7H;2*1H3;/q;2*-1;+3/p-1. The van der Waals surface area contributed by atoms with E-state index in [2.05, 4.69) is 16.0 Å². The molecule has 0 aliphatic carbocycles. The minimum absolute atomic E-state index is 0. The second-order valence-electron chi connectivity index (χ2n) is 1.31. The van der Waals surface area contributed by atoms with E-state index in [4.69, 9.17) is 0 Å². The zero-order valence-corrected chi connectivity index (χ0v) is 9.24. The van der Waals surface area contributed by atoms with Crippen LogP contribution in [0.2, 0.25) is 0 Å². The van der Waals surface area contributed by atoms with E-state index in [-0.39, 0.29) is 32.2 Å². The van der Waals surface area contributed by atoms with Gasteiger partial charge in [-0.15, -0.1) is 0 Å². The molecule has 0 fully saturated rings. The Morgan fingerprint density at radius 1 is 0.900 bits per heavy atom. The first-order chi connectivity index (χ1) is 3.39. The summed E-state index contributed by atoms with van der Waals surface area (Å²) in [5, 5.41) is 0. The van der Waals surface area contributed by atoms with Gasteiger partial charge in [0.2, 0.25) is 0 Å². The first-order valence-electron chi connectivity index (χ1n) is 2.11. The predicted octanol–water partition coefficient (Wildman–Crippen LogP) is 1.00. The summed E-state index contributed by atoms with van der Waals surface area (Å²) in [6, 6.07) is 10.1. The van der Waals surface area contributed by atoms with E-state index in [1.807, 2.05) is 30.3 Å². The maximum absolute atomic E-state index is 2.90. The zero-order chi connectivity index (χ0) is 5.11. The third-order valence-corrected chi connectivity index (χ3v) is 1.31. The molecule has 0 saturated heterocycles. The molecule has 0 spiro atoms. The van der Waals surface area contributed by atoms with E-state index in [0.717, 1.165) is 0 Å². The molecule has 0 aliphatic heterocycles. The molecule has 0 bridgehead atoms. The molecule has 0 atom stereocenters. The number of benzene rings is 1. The Morgan fingerprint density at radius 3 is 1.50 bits per heavy atom. The molecule has 0 unspecified atom stereocenters. The van der Waals surface area contributed by atoms with Gasteiger partial charge in [-0.3, -0.25) is 0 Å². The third kappa shape index (κ3) is 6.39. The van der Waals surface area contributed by atoms with Crippen LogP contribution in [-0.4, -0.2) is 33.4 Å². The predicted molar refractivity (Wildman–Crippen MR) is 50.4 cm³/mol. The van der Waals surface area contributed by atoms with E-state index in [9.17, 15) is 0 Å². The zero-order valence-electron chi connectivity index (χ0n) is 6.37. The van der Waals surface area contributed by atoms with Crippen LogP contribution in [0.25, 0.3) is 0 Å². The van der Waals surface area contributed by atoms with Crippen LogP contribution in [0.3, 0.4) is 0 Å². The Labute approximate surface area is 83.0 Å². The van der Waals surface area contributed by atoms with Crippen molar-refractivity contribution in [3.8, 4) is 0 Å². The van der Waals surface area contributed by atoms with Crippen LogP contribution in [0.5, 0.6) is 0 Å². The fourth-order valence-corrected chi connectivity index (χ4v) is 0.750. The van der Waals surface area contributed by atoms with E-state index in [1.54, 1.807) is 0 Å². The average molecular weight is 213 g/mol. The van der Waals surface area contributed by atoms with Gasteiger partial charge in [-0.1, -0.05) is 0 Å². The number of hydrogen-bond donors (Lipinski definition) is 0. The summed E-state index contributed by atoms with van der Waals surface area (Å²) in [5.41, 5.74) is 0. The molecule has 0 amide bonds. The molecule has 1 aromatic carbocycles. The van der Waals surface area contributed by atoms with Crippen LogP contribution in [0.15, 0.2) is 30.3 Å². The maximum atomic E-state index is 2.90. The van der Waals surface area contributed by atoms with Crippen molar-refractivity contribution in [3.63, 3.8) is 0 Å². The van der Waals surface area contributed by atoms with Crippen molar-refractivity contribution in [1.82, 2.24) is 0 Å². The second kappa shape index (κ2) is 9.27. The topological polar surface area (TPSA) is 0 Å². The molecule has 1 aromatic rings. The average Bonchev–Trinajstić information content (AvgIpc) is 1.69. The molecule has 0 aliphatic rings. The van der Waals surface area contributed by atoms with Gasteiger partial charge in [0.1, 0.15) is 0 Å². The van der Waals surface area contributed by atoms with Crippen molar-refractivity contribution in [2.75, 3.05) is 0 Å². The Kier molecular flexibility index (Phi) is 15.5. The van der Waals surface area contributed by atoms with Gasteiger partial charge < -0.3 is 14.9 Å². The fourth-order valence-electron chi connectivity index (χ4n) is 0.420. The first-order valence-corrected chi connectivity index (χ1v) is 2.97. The van der Waals surface area contributed by atoms with Gasteiger partial charge in [0.15, 0.2) is 0 Å². The van der Waals surface area contributed by atoms with Gasteiger partial charge in [0.05, 0.1) is 0 Å². The molecule has 2 heteroatoms. The van der Waals surface area contributed by atoms with Gasteiger partial charge in [0, 0.05) is 0 Å². The van der Waals surface area contributed by atoms with E-state index < -0.39 is 0 Å². The Hall–Kier alpha value is 0.272. The molecule has 0 nitrogen and oxygen atoms in total. The minimum atomic E-state index is 0. The van der Waals surface area contributed by atoms with Gasteiger partial charge in [0.25, 0.3) is 0 Å². The molecule has 10 heavy (non-hydrogen) atoms.